The fourth-order valence-electron chi connectivity index (χ4n) is 3.42. The van der Waals surface area contributed by atoms with Crippen molar-refractivity contribution in [3.05, 3.63) is 35.9 Å². The van der Waals surface area contributed by atoms with Crippen molar-refractivity contribution in [1.29, 1.82) is 0 Å². The lowest BCUT2D eigenvalue weighted by Crippen LogP contribution is -2.58. The summed E-state index contributed by atoms with van der Waals surface area (Å²) in [6, 6.07) is 4.62. The Morgan fingerprint density at radius 1 is 0.833 bits per heavy atom. The highest BCUT2D eigenvalue weighted by Crippen LogP contribution is 2.10. The lowest BCUT2D eigenvalue weighted by atomic mass is 9.99. The summed E-state index contributed by atoms with van der Waals surface area (Å²) in [5.41, 5.74) is 11.8. The van der Waals surface area contributed by atoms with Gasteiger partial charge >= 0.3 is 5.97 Å². The summed E-state index contributed by atoms with van der Waals surface area (Å²) in [6.45, 7) is 7.36. The predicted octanol–water partition coefficient (Wildman–Crippen LogP) is 0.0630. The van der Waals surface area contributed by atoms with E-state index in [2.05, 4.69) is 16.0 Å². The van der Waals surface area contributed by atoms with Crippen molar-refractivity contribution in [3.63, 3.8) is 0 Å². The van der Waals surface area contributed by atoms with Crippen molar-refractivity contribution in [3.8, 4) is 0 Å². The molecule has 1 rings (SSSR count). The van der Waals surface area contributed by atoms with Crippen LogP contribution in [-0.2, 0) is 30.4 Å². The van der Waals surface area contributed by atoms with Crippen molar-refractivity contribution in [2.24, 2.45) is 23.3 Å². The number of hydrogen-bond donors (Lipinski definition) is 6. The molecular weight excluding hydrogens is 466 g/mol. The van der Waals surface area contributed by atoms with Gasteiger partial charge in [0.25, 0.3) is 0 Å². The Kier molecular flexibility index (Phi) is 12.6. The summed E-state index contributed by atoms with van der Waals surface area (Å²) >= 11 is 0. The second-order valence-corrected chi connectivity index (χ2v) is 9.62. The molecule has 4 amide bonds. The molecule has 36 heavy (non-hydrogen) atoms. The third kappa shape index (κ3) is 10.9. The Labute approximate surface area is 211 Å². The molecule has 0 spiro atoms. The molecule has 200 valence electrons. The lowest BCUT2D eigenvalue weighted by molar-refractivity contribution is -0.142. The Balaban J connectivity index is 3.13. The number of hydrogen-bond acceptors (Lipinski definition) is 6. The van der Waals surface area contributed by atoms with Crippen molar-refractivity contribution >= 4 is 29.6 Å². The molecule has 4 unspecified atom stereocenters. The van der Waals surface area contributed by atoms with E-state index >= 15 is 0 Å². The number of amides is 4. The molecule has 0 fully saturated rings. The van der Waals surface area contributed by atoms with Crippen LogP contribution in [0, 0.1) is 11.8 Å². The van der Waals surface area contributed by atoms with Crippen LogP contribution in [0.1, 0.15) is 52.5 Å². The van der Waals surface area contributed by atoms with Crippen LogP contribution in [0.2, 0.25) is 0 Å². The van der Waals surface area contributed by atoms with E-state index in [-0.39, 0.29) is 31.1 Å². The molecule has 0 saturated heterocycles. The Hall–Kier alpha value is -3.47. The molecule has 0 bridgehead atoms. The van der Waals surface area contributed by atoms with Gasteiger partial charge in [0.1, 0.15) is 18.1 Å². The van der Waals surface area contributed by atoms with Crippen LogP contribution in [0.15, 0.2) is 30.3 Å². The quantitative estimate of drug-likeness (QED) is 0.194. The van der Waals surface area contributed by atoms with Gasteiger partial charge in [0, 0.05) is 12.8 Å². The van der Waals surface area contributed by atoms with E-state index in [1.165, 1.54) is 0 Å². The average molecular weight is 506 g/mol. The van der Waals surface area contributed by atoms with E-state index in [1.54, 1.807) is 44.2 Å². The Morgan fingerprint density at radius 2 is 1.36 bits per heavy atom. The van der Waals surface area contributed by atoms with Gasteiger partial charge in [-0.1, -0.05) is 58.0 Å². The van der Waals surface area contributed by atoms with Crippen molar-refractivity contribution in [2.75, 3.05) is 0 Å². The lowest BCUT2D eigenvalue weighted by Gasteiger charge is -2.26. The number of carbonyl (C=O) groups is 5. The largest absolute Gasteiger partial charge is 0.480 e. The van der Waals surface area contributed by atoms with Gasteiger partial charge in [0.2, 0.25) is 23.6 Å². The number of nitrogens with one attached hydrogen (secondary N) is 3. The number of carboxylic acid groups (broad SMARTS) is 1. The van der Waals surface area contributed by atoms with Crippen LogP contribution in [-0.4, -0.2) is 58.9 Å². The molecule has 0 radical (unpaired) electrons. The second kappa shape index (κ2) is 14.8. The first-order valence-corrected chi connectivity index (χ1v) is 12.0. The topological polar surface area (TPSA) is 194 Å². The number of primary amides is 1. The number of nitrogens with two attached hydrogens (primary N) is 2. The molecule has 0 heterocycles. The molecule has 0 aromatic heterocycles. The first kappa shape index (κ1) is 30.6. The second-order valence-electron chi connectivity index (χ2n) is 9.62. The molecule has 11 heteroatoms. The zero-order valence-electron chi connectivity index (χ0n) is 21.3. The van der Waals surface area contributed by atoms with Gasteiger partial charge in [0.15, 0.2) is 0 Å². The number of rotatable bonds is 15. The minimum absolute atomic E-state index is 0.0444. The summed E-state index contributed by atoms with van der Waals surface area (Å²) in [4.78, 5) is 61.6. The molecule has 1 aromatic rings. The van der Waals surface area contributed by atoms with E-state index in [0.29, 0.717) is 6.42 Å². The van der Waals surface area contributed by atoms with Gasteiger partial charge in [-0.05, 0) is 30.2 Å². The third-order valence-electron chi connectivity index (χ3n) is 5.57. The number of benzene rings is 1. The molecular formula is C25H39N5O6. The van der Waals surface area contributed by atoms with Gasteiger partial charge in [-0.25, -0.2) is 4.79 Å². The highest BCUT2D eigenvalue weighted by Gasteiger charge is 2.31. The molecule has 11 nitrogen and oxygen atoms in total. The molecule has 1 aromatic carbocycles. The van der Waals surface area contributed by atoms with E-state index in [4.69, 9.17) is 11.5 Å². The molecule has 0 aliphatic rings. The summed E-state index contributed by atoms with van der Waals surface area (Å²) in [7, 11) is 0. The van der Waals surface area contributed by atoms with Crippen LogP contribution in [0.4, 0.5) is 0 Å². The summed E-state index contributed by atoms with van der Waals surface area (Å²) < 4.78 is 0. The summed E-state index contributed by atoms with van der Waals surface area (Å²) in [6.07, 6.45) is -0.0417. The monoisotopic (exact) mass is 505 g/mol. The highest BCUT2D eigenvalue weighted by molar-refractivity contribution is 5.94. The van der Waals surface area contributed by atoms with Gasteiger partial charge in [-0.15, -0.1) is 0 Å². The van der Waals surface area contributed by atoms with Gasteiger partial charge in [-0.2, -0.15) is 0 Å². The standard InChI is InChI=1S/C25H39N5O6/c1-14(2)12-18(30-24(34)21(27)15(3)4)22(32)29-19(13-16-8-6-5-7-9-16)23(33)28-17(25(35)36)10-11-20(26)31/h5-9,14-15,17-19,21H,10-13,27H2,1-4H3,(H2,26,31)(H,28,33)(H,29,32)(H,30,34)(H,35,36). The smallest absolute Gasteiger partial charge is 0.326 e. The first-order chi connectivity index (χ1) is 16.8. The first-order valence-electron chi connectivity index (χ1n) is 12.0. The van der Waals surface area contributed by atoms with Crippen molar-refractivity contribution in [2.45, 2.75) is 77.5 Å². The van der Waals surface area contributed by atoms with Crippen molar-refractivity contribution in [1.82, 2.24) is 16.0 Å². The van der Waals surface area contributed by atoms with Crippen LogP contribution >= 0.6 is 0 Å². The van der Waals surface area contributed by atoms with E-state index in [1.807, 2.05) is 13.8 Å². The van der Waals surface area contributed by atoms with Crippen LogP contribution in [0.3, 0.4) is 0 Å². The van der Waals surface area contributed by atoms with Gasteiger partial charge in [0.05, 0.1) is 6.04 Å². The van der Waals surface area contributed by atoms with E-state index < -0.39 is 53.8 Å². The summed E-state index contributed by atoms with van der Waals surface area (Å²) in [5, 5.41) is 17.2. The van der Waals surface area contributed by atoms with Crippen LogP contribution in [0.5, 0.6) is 0 Å². The fraction of sp³-hybridized carbons (Fsp3) is 0.560. The zero-order valence-corrected chi connectivity index (χ0v) is 21.3. The SMILES string of the molecule is CC(C)CC(NC(=O)C(N)C(C)C)C(=O)NC(Cc1ccccc1)C(=O)NC(CCC(N)=O)C(=O)O. The van der Waals surface area contributed by atoms with Crippen LogP contribution < -0.4 is 27.4 Å². The third-order valence-corrected chi connectivity index (χ3v) is 5.57. The van der Waals surface area contributed by atoms with E-state index in [0.717, 1.165) is 5.56 Å². The number of carbonyl (C=O) groups excluding carboxylic acids is 4. The van der Waals surface area contributed by atoms with E-state index in [9.17, 15) is 29.1 Å². The summed E-state index contributed by atoms with van der Waals surface area (Å²) in [5.74, 6) is -3.93. The van der Waals surface area contributed by atoms with Gasteiger partial charge < -0.3 is 32.5 Å². The van der Waals surface area contributed by atoms with Crippen LogP contribution in [0.25, 0.3) is 0 Å². The number of aliphatic carboxylic acids is 1. The Morgan fingerprint density at radius 3 is 1.86 bits per heavy atom. The Bertz CT molecular complexity index is 905. The maximum atomic E-state index is 13.2. The number of carboxylic acids is 1. The maximum Gasteiger partial charge on any atom is 0.326 e. The molecule has 0 aliphatic heterocycles. The molecule has 8 N–H and O–H groups in total. The normalized spacial score (nSPS) is 14.4. The minimum Gasteiger partial charge on any atom is -0.480 e. The molecule has 0 aliphatic carbocycles. The van der Waals surface area contributed by atoms with Crippen molar-refractivity contribution < 1.29 is 29.1 Å². The molecule has 0 saturated carbocycles. The average Bonchev–Trinajstić information content (AvgIpc) is 2.79. The molecule has 4 atom stereocenters. The fourth-order valence-corrected chi connectivity index (χ4v) is 3.42. The van der Waals surface area contributed by atoms with Gasteiger partial charge in [-0.3, -0.25) is 19.2 Å². The maximum absolute atomic E-state index is 13.2. The predicted molar refractivity (Wildman–Crippen MR) is 134 cm³/mol. The highest BCUT2D eigenvalue weighted by atomic mass is 16.4. The minimum atomic E-state index is -1.37. The zero-order chi connectivity index (χ0) is 27.4.